The molecule has 1 aromatic carbocycles. The predicted octanol–water partition coefficient (Wildman–Crippen LogP) is 1.68. The highest BCUT2D eigenvalue weighted by Gasteiger charge is 2.42. The van der Waals surface area contributed by atoms with Crippen LogP contribution in [0.25, 0.3) is 0 Å². The molecule has 0 aliphatic carbocycles. The van der Waals surface area contributed by atoms with Crippen molar-refractivity contribution in [3.63, 3.8) is 0 Å². The molecular weight excluding hydrogens is 258 g/mol. The van der Waals surface area contributed by atoms with Crippen LogP contribution in [0.15, 0.2) is 24.3 Å². The summed E-state index contributed by atoms with van der Waals surface area (Å²) in [4.78, 5) is 25.6. The Balaban J connectivity index is 2.35. The molecule has 2 atom stereocenters. The first-order valence-corrected chi connectivity index (χ1v) is 6.59. The van der Waals surface area contributed by atoms with Crippen molar-refractivity contribution in [1.82, 2.24) is 0 Å². The number of esters is 2. The molecule has 0 spiro atoms. The zero-order valence-corrected chi connectivity index (χ0v) is 12.0. The molecule has 1 aliphatic rings. The number of aryl methyl sites for hydroxylation is 1. The summed E-state index contributed by atoms with van der Waals surface area (Å²) < 4.78 is 9.68. The lowest BCUT2D eigenvalue weighted by molar-refractivity contribution is -0.142. The van der Waals surface area contributed by atoms with Gasteiger partial charge in [-0.2, -0.15) is 0 Å². The Labute approximate surface area is 118 Å². The number of carbonyl (C=O) groups is 2. The monoisotopic (exact) mass is 277 g/mol. The molecule has 1 heterocycles. The summed E-state index contributed by atoms with van der Waals surface area (Å²) in [5.74, 6) is -0.644. The van der Waals surface area contributed by atoms with Gasteiger partial charge in [0.05, 0.1) is 14.2 Å². The van der Waals surface area contributed by atoms with Crippen molar-refractivity contribution in [2.45, 2.75) is 31.8 Å². The topological polar surface area (TPSA) is 55.8 Å². The van der Waals surface area contributed by atoms with Crippen molar-refractivity contribution in [2.24, 2.45) is 0 Å². The van der Waals surface area contributed by atoms with Gasteiger partial charge in [-0.15, -0.1) is 0 Å². The molecule has 0 bridgehead atoms. The van der Waals surface area contributed by atoms with E-state index < -0.39 is 12.1 Å². The number of methoxy groups -OCH3 is 2. The van der Waals surface area contributed by atoms with E-state index in [1.165, 1.54) is 14.2 Å². The lowest BCUT2D eigenvalue weighted by Crippen LogP contribution is -2.45. The highest BCUT2D eigenvalue weighted by molar-refractivity contribution is 5.88. The van der Waals surface area contributed by atoms with E-state index in [-0.39, 0.29) is 11.9 Å². The molecule has 1 aromatic rings. The zero-order valence-electron chi connectivity index (χ0n) is 12.0. The third kappa shape index (κ3) is 2.61. The molecule has 1 aliphatic heterocycles. The molecule has 5 heteroatoms. The van der Waals surface area contributed by atoms with E-state index in [1.54, 1.807) is 4.90 Å². The molecule has 0 amide bonds. The number of hydrogen-bond acceptors (Lipinski definition) is 5. The van der Waals surface area contributed by atoms with Crippen molar-refractivity contribution in [2.75, 3.05) is 19.1 Å². The van der Waals surface area contributed by atoms with E-state index >= 15 is 0 Å². The smallest absolute Gasteiger partial charge is 0.328 e. The van der Waals surface area contributed by atoms with Gasteiger partial charge < -0.3 is 14.4 Å². The van der Waals surface area contributed by atoms with Gasteiger partial charge in [0.15, 0.2) is 0 Å². The lowest BCUT2D eigenvalue weighted by atomic mass is 10.2. The van der Waals surface area contributed by atoms with E-state index in [2.05, 4.69) is 0 Å². The number of anilines is 1. The van der Waals surface area contributed by atoms with Crippen LogP contribution in [-0.4, -0.2) is 38.2 Å². The second-order valence-corrected chi connectivity index (χ2v) is 4.90. The number of benzene rings is 1. The standard InChI is InChI=1S/C15H19NO4/c1-10-4-6-11(7-5-10)16-12(14(17)19-2)8-9-13(16)15(18)20-3/h4-7,12-13H,8-9H2,1-3H3. The summed E-state index contributed by atoms with van der Waals surface area (Å²) in [6.45, 7) is 1.99. The van der Waals surface area contributed by atoms with Gasteiger partial charge in [-0.1, -0.05) is 17.7 Å². The van der Waals surface area contributed by atoms with E-state index in [0.29, 0.717) is 12.8 Å². The minimum absolute atomic E-state index is 0.322. The fourth-order valence-electron chi connectivity index (χ4n) is 2.62. The average molecular weight is 277 g/mol. The number of nitrogens with zero attached hydrogens (tertiary/aromatic N) is 1. The zero-order chi connectivity index (χ0) is 14.7. The average Bonchev–Trinajstić information content (AvgIpc) is 2.91. The van der Waals surface area contributed by atoms with Crippen molar-refractivity contribution in [3.8, 4) is 0 Å². The van der Waals surface area contributed by atoms with Gasteiger partial charge in [0.1, 0.15) is 12.1 Å². The highest BCUT2D eigenvalue weighted by Crippen LogP contribution is 2.32. The van der Waals surface area contributed by atoms with Crippen LogP contribution < -0.4 is 4.90 Å². The second kappa shape index (κ2) is 5.94. The van der Waals surface area contributed by atoms with Crippen LogP contribution in [0.3, 0.4) is 0 Å². The molecule has 108 valence electrons. The predicted molar refractivity (Wildman–Crippen MR) is 74.5 cm³/mol. The maximum Gasteiger partial charge on any atom is 0.328 e. The Hall–Kier alpha value is -2.04. The van der Waals surface area contributed by atoms with Gasteiger partial charge in [-0.3, -0.25) is 0 Å². The first kappa shape index (κ1) is 14.4. The Bertz CT molecular complexity index is 473. The van der Waals surface area contributed by atoms with Crippen molar-refractivity contribution < 1.29 is 19.1 Å². The van der Waals surface area contributed by atoms with Crippen LogP contribution in [0, 0.1) is 6.92 Å². The van der Waals surface area contributed by atoms with E-state index in [0.717, 1.165) is 11.3 Å². The highest BCUT2D eigenvalue weighted by atomic mass is 16.5. The Morgan fingerprint density at radius 1 is 1.00 bits per heavy atom. The van der Waals surface area contributed by atoms with Gasteiger partial charge in [-0.25, -0.2) is 9.59 Å². The third-order valence-corrected chi connectivity index (χ3v) is 3.66. The van der Waals surface area contributed by atoms with Gasteiger partial charge in [0.25, 0.3) is 0 Å². The van der Waals surface area contributed by atoms with Crippen LogP contribution in [-0.2, 0) is 19.1 Å². The van der Waals surface area contributed by atoms with Crippen LogP contribution in [0.4, 0.5) is 5.69 Å². The summed E-state index contributed by atoms with van der Waals surface area (Å²) in [6, 6.07) is 6.85. The van der Waals surface area contributed by atoms with Gasteiger partial charge in [0, 0.05) is 5.69 Å². The van der Waals surface area contributed by atoms with Crippen molar-refractivity contribution in [3.05, 3.63) is 29.8 Å². The molecule has 0 aromatic heterocycles. The molecule has 1 saturated heterocycles. The van der Waals surface area contributed by atoms with Crippen LogP contribution in [0.5, 0.6) is 0 Å². The van der Waals surface area contributed by atoms with Gasteiger partial charge in [0.2, 0.25) is 0 Å². The Morgan fingerprint density at radius 3 is 1.85 bits per heavy atom. The number of rotatable bonds is 3. The van der Waals surface area contributed by atoms with Gasteiger partial charge >= 0.3 is 11.9 Å². The Morgan fingerprint density at radius 2 is 1.45 bits per heavy atom. The minimum Gasteiger partial charge on any atom is -0.467 e. The molecule has 20 heavy (non-hydrogen) atoms. The second-order valence-electron chi connectivity index (χ2n) is 4.90. The maximum absolute atomic E-state index is 11.9. The van der Waals surface area contributed by atoms with Crippen molar-refractivity contribution in [1.29, 1.82) is 0 Å². The minimum atomic E-state index is -0.438. The summed E-state index contributed by atoms with van der Waals surface area (Å²) >= 11 is 0. The van der Waals surface area contributed by atoms with E-state index in [4.69, 9.17) is 9.47 Å². The molecule has 0 radical (unpaired) electrons. The largest absolute Gasteiger partial charge is 0.467 e. The number of hydrogen-bond donors (Lipinski definition) is 0. The van der Waals surface area contributed by atoms with E-state index in [1.807, 2.05) is 31.2 Å². The molecule has 0 N–H and O–H groups in total. The molecule has 5 nitrogen and oxygen atoms in total. The van der Waals surface area contributed by atoms with Gasteiger partial charge in [-0.05, 0) is 31.9 Å². The lowest BCUT2D eigenvalue weighted by Gasteiger charge is -2.29. The van der Waals surface area contributed by atoms with Crippen LogP contribution >= 0.6 is 0 Å². The molecule has 2 rings (SSSR count). The molecule has 0 saturated carbocycles. The third-order valence-electron chi connectivity index (χ3n) is 3.66. The summed E-state index contributed by atoms with van der Waals surface area (Å²) in [7, 11) is 2.72. The fraction of sp³-hybridized carbons (Fsp3) is 0.467. The normalized spacial score (nSPS) is 21.6. The molecule has 2 unspecified atom stereocenters. The Kier molecular flexibility index (Phi) is 4.27. The first-order valence-electron chi connectivity index (χ1n) is 6.59. The van der Waals surface area contributed by atoms with Crippen LogP contribution in [0.1, 0.15) is 18.4 Å². The maximum atomic E-state index is 11.9. The SMILES string of the molecule is COC(=O)C1CCC(C(=O)OC)N1c1ccc(C)cc1. The quantitative estimate of drug-likeness (QED) is 0.787. The van der Waals surface area contributed by atoms with Crippen LogP contribution in [0.2, 0.25) is 0 Å². The number of ether oxygens (including phenoxy) is 2. The summed E-state index contributed by atoms with van der Waals surface area (Å²) in [5.41, 5.74) is 1.95. The molecular formula is C15H19NO4. The molecule has 1 fully saturated rings. The fourth-order valence-corrected chi connectivity index (χ4v) is 2.62. The van der Waals surface area contributed by atoms with Crippen molar-refractivity contribution >= 4 is 17.6 Å². The summed E-state index contributed by atoms with van der Waals surface area (Å²) in [6.07, 6.45) is 1.17. The number of carbonyl (C=O) groups excluding carboxylic acids is 2. The first-order chi connectivity index (χ1) is 9.58. The summed E-state index contributed by atoms with van der Waals surface area (Å²) in [5, 5.41) is 0. The van der Waals surface area contributed by atoms with E-state index in [9.17, 15) is 9.59 Å².